The van der Waals surface area contributed by atoms with E-state index in [9.17, 15) is 14.7 Å². The van der Waals surface area contributed by atoms with E-state index in [-0.39, 0.29) is 42.8 Å². The fourth-order valence-corrected chi connectivity index (χ4v) is 3.93. The van der Waals surface area contributed by atoms with Crippen LogP contribution in [0.15, 0.2) is 12.2 Å². The van der Waals surface area contributed by atoms with Gasteiger partial charge >= 0.3 is 11.9 Å². The first-order valence-corrected chi connectivity index (χ1v) is 10.3. The molecule has 1 saturated heterocycles. The van der Waals surface area contributed by atoms with E-state index >= 15 is 0 Å². The van der Waals surface area contributed by atoms with E-state index < -0.39 is 6.10 Å². The topological polar surface area (TPSA) is 91.3 Å². The van der Waals surface area contributed by atoms with Gasteiger partial charge < -0.3 is 24.1 Å². The minimum atomic E-state index is -0.506. The number of carbonyl (C=O) groups is 2. The molecular weight excluding hydrogens is 364 g/mol. The SMILES string of the molecule is COC(=O)CCCC=CC[C@H]1[C@@H](COC(C)=O)[C@@H](OC2CCCCO2)C[C@H]1O. The largest absolute Gasteiger partial charge is 0.469 e. The number of methoxy groups -OCH3 is 1. The number of aliphatic hydroxyl groups excluding tert-OH is 1. The Hall–Kier alpha value is -1.44. The number of aliphatic hydroxyl groups is 1. The molecule has 28 heavy (non-hydrogen) atoms. The Balaban J connectivity index is 1.87. The first-order valence-electron chi connectivity index (χ1n) is 10.3. The van der Waals surface area contributed by atoms with Gasteiger partial charge in [0.2, 0.25) is 0 Å². The first-order chi connectivity index (χ1) is 13.5. The van der Waals surface area contributed by atoms with Crippen molar-refractivity contribution < 1.29 is 33.6 Å². The van der Waals surface area contributed by atoms with Crippen LogP contribution in [0.4, 0.5) is 0 Å². The van der Waals surface area contributed by atoms with Crippen molar-refractivity contribution in [1.29, 1.82) is 0 Å². The summed E-state index contributed by atoms with van der Waals surface area (Å²) in [4.78, 5) is 22.4. The zero-order chi connectivity index (χ0) is 20.4. The summed E-state index contributed by atoms with van der Waals surface area (Å²) in [6.45, 7) is 2.33. The molecule has 1 N–H and O–H groups in total. The number of hydrogen-bond acceptors (Lipinski definition) is 7. The highest BCUT2D eigenvalue weighted by Crippen LogP contribution is 2.38. The molecular formula is C21H34O7. The molecule has 7 heteroatoms. The summed E-state index contributed by atoms with van der Waals surface area (Å²) in [6, 6.07) is 0. The maximum Gasteiger partial charge on any atom is 0.305 e. The fourth-order valence-electron chi connectivity index (χ4n) is 3.93. The van der Waals surface area contributed by atoms with Gasteiger partial charge in [0, 0.05) is 32.3 Å². The lowest BCUT2D eigenvalue weighted by atomic mass is 9.91. The van der Waals surface area contributed by atoms with Crippen LogP contribution in [-0.4, -0.2) is 55.9 Å². The predicted molar refractivity (Wildman–Crippen MR) is 102 cm³/mol. The zero-order valence-electron chi connectivity index (χ0n) is 17.0. The van der Waals surface area contributed by atoms with E-state index in [1.807, 2.05) is 12.2 Å². The third kappa shape index (κ3) is 7.53. The Bertz CT molecular complexity index is 513. The average Bonchev–Trinajstić information content (AvgIpc) is 2.97. The number of allylic oxidation sites excluding steroid dienone is 2. The zero-order valence-corrected chi connectivity index (χ0v) is 17.0. The Labute approximate surface area is 167 Å². The van der Waals surface area contributed by atoms with Crippen molar-refractivity contribution in [2.24, 2.45) is 11.8 Å². The Kier molecular flexibility index (Phi) is 9.95. The maximum atomic E-state index is 11.3. The van der Waals surface area contributed by atoms with Crippen molar-refractivity contribution >= 4 is 11.9 Å². The Morgan fingerprint density at radius 2 is 2.04 bits per heavy atom. The number of ether oxygens (including phenoxy) is 4. The lowest BCUT2D eigenvalue weighted by Gasteiger charge is -2.30. The van der Waals surface area contributed by atoms with Crippen LogP contribution in [0.5, 0.6) is 0 Å². The lowest BCUT2D eigenvalue weighted by Crippen LogP contribution is -2.34. The highest BCUT2D eigenvalue weighted by Gasteiger charge is 2.44. The van der Waals surface area contributed by atoms with Gasteiger partial charge in [-0.1, -0.05) is 12.2 Å². The van der Waals surface area contributed by atoms with Crippen LogP contribution in [-0.2, 0) is 28.5 Å². The number of esters is 2. The second kappa shape index (κ2) is 12.2. The Morgan fingerprint density at radius 1 is 1.21 bits per heavy atom. The second-order valence-corrected chi connectivity index (χ2v) is 7.58. The van der Waals surface area contributed by atoms with Crippen molar-refractivity contribution in [2.45, 2.75) is 76.8 Å². The minimum Gasteiger partial charge on any atom is -0.469 e. The normalized spacial score (nSPS) is 30.5. The molecule has 0 aromatic heterocycles. The molecule has 0 radical (unpaired) electrons. The standard InChI is InChI=1S/C21H34O7/c1-15(22)27-14-17-16(9-5-3-4-6-10-20(24)25-2)18(23)13-19(17)28-21-11-7-8-12-26-21/h3,5,16-19,21,23H,4,6-14H2,1-2H3/t16-,17+,18+,19-,21?/m0/s1. The molecule has 2 aliphatic rings. The quantitative estimate of drug-likeness (QED) is 0.344. The first kappa shape index (κ1) is 22.8. The summed E-state index contributed by atoms with van der Waals surface area (Å²) < 4.78 is 21.7. The lowest BCUT2D eigenvalue weighted by molar-refractivity contribution is -0.199. The van der Waals surface area contributed by atoms with Crippen LogP contribution < -0.4 is 0 Å². The van der Waals surface area contributed by atoms with E-state index in [2.05, 4.69) is 4.74 Å². The van der Waals surface area contributed by atoms with Crippen LogP contribution in [0.1, 0.15) is 58.3 Å². The summed E-state index contributed by atoms with van der Waals surface area (Å²) in [5, 5.41) is 10.6. The predicted octanol–water partition coefficient (Wildman–Crippen LogP) is 2.75. The number of unbranched alkanes of at least 4 members (excludes halogenated alkanes) is 1. The monoisotopic (exact) mass is 398 g/mol. The van der Waals surface area contributed by atoms with Crippen LogP contribution in [0, 0.1) is 11.8 Å². The van der Waals surface area contributed by atoms with Crippen molar-refractivity contribution in [2.75, 3.05) is 20.3 Å². The average molecular weight is 398 g/mol. The van der Waals surface area contributed by atoms with Crippen LogP contribution in [0.25, 0.3) is 0 Å². The third-order valence-electron chi connectivity index (χ3n) is 5.49. The molecule has 0 spiro atoms. The summed E-state index contributed by atoms with van der Waals surface area (Å²) >= 11 is 0. The van der Waals surface area contributed by atoms with Crippen molar-refractivity contribution in [3.8, 4) is 0 Å². The molecule has 2 fully saturated rings. The van der Waals surface area contributed by atoms with Gasteiger partial charge in [0.05, 0.1) is 25.9 Å². The van der Waals surface area contributed by atoms with Crippen molar-refractivity contribution in [1.82, 2.24) is 0 Å². The molecule has 1 heterocycles. The Morgan fingerprint density at radius 3 is 2.71 bits per heavy atom. The molecule has 2 rings (SSSR count). The number of rotatable bonds is 10. The van der Waals surface area contributed by atoms with Gasteiger partial charge in [0.25, 0.3) is 0 Å². The molecule has 1 saturated carbocycles. The summed E-state index contributed by atoms with van der Waals surface area (Å²) in [6.07, 6.45) is 9.23. The molecule has 1 aliphatic heterocycles. The maximum absolute atomic E-state index is 11.3. The van der Waals surface area contributed by atoms with Crippen molar-refractivity contribution in [3.05, 3.63) is 12.2 Å². The molecule has 7 nitrogen and oxygen atoms in total. The molecule has 1 unspecified atom stereocenters. The minimum absolute atomic E-state index is 0.0372. The fraction of sp³-hybridized carbons (Fsp3) is 0.810. The van der Waals surface area contributed by atoms with Gasteiger partial charge in [-0.2, -0.15) is 0 Å². The van der Waals surface area contributed by atoms with Gasteiger partial charge in [0.15, 0.2) is 6.29 Å². The van der Waals surface area contributed by atoms with Gasteiger partial charge in [-0.05, 0) is 44.4 Å². The van der Waals surface area contributed by atoms with Crippen LogP contribution in [0.2, 0.25) is 0 Å². The van der Waals surface area contributed by atoms with Gasteiger partial charge in [-0.3, -0.25) is 9.59 Å². The van der Waals surface area contributed by atoms with Gasteiger partial charge in [-0.25, -0.2) is 0 Å². The number of hydrogen-bond donors (Lipinski definition) is 1. The summed E-state index contributed by atoms with van der Waals surface area (Å²) in [5.41, 5.74) is 0. The molecule has 160 valence electrons. The second-order valence-electron chi connectivity index (χ2n) is 7.58. The molecule has 0 aromatic rings. The molecule has 5 atom stereocenters. The van der Waals surface area contributed by atoms with E-state index in [1.54, 1.807) is 0 Å². The van der Waals surface area contributed by atoms with Crippen LogP contribution in [0.3, 0.4) is 0 Å². The molecule has 0 amide bonds. The van der Waals surface area contributed by atoms with Gasteiger partial charge in [0.1, 0.15) is 0 Å². The molecule has 1 aliphatic carbocycles. The van der Waals surface area contributed by atoms with Crippen LogP contribution >= 0.6 is 0 Å². The molecule has 0 aromatic carbocycles. The van der Waals surface area contributed by atoms with E-state index in [4.69, 9.17) is 14.2 Å². The van der Waals surface area contributed by atoms with Crippen molar-refractivity contribution in [3.63, 3.8) is 0 Å². The van der Waals surface area contributed by atoms with E-state index in [1.165, 1.54) is 14.0 Å². The third-order valence-corrected chi connectivity index (χ3v) is 5.49. The highest BCUT2D eigenvalue weighted by molar-refractivity contribution is 5.69. The summed E-state index contributed by atoms with van der Waals surface area (Å²) in [7, 11) is 1.39. The highest BCUT2D eigenvalue weighted by atomic mass is 16.7. The van der Waals surface area contributed by atoms with E-state index in [0.29, 0.717) is 25.9 Å². The summed E-state index contributed by atoms with van der Waals surface area (Å²) in [5.74, 6) is -0.633. The smallest absolute Gasteiger partial charge is 0.305 e. The molecule has 0 bridgehead atoms. The number of carbonyl (C=O) groups excluding carboxylic acids is 2. The van der Waals surface area contributed by atoms with Gasteiger partial charge in [-0.15, -0.1) is 0 Å². The van der Waals surface area contributed by atoms with E-state index in [0.717, 1.165) is 32.1 Å².